The molecule has 0 bridgehead atoms. The molecule has 2 heterocycles. The van der Waals surface area contributed by atoms with Crippen molar-refractivity contribution >= 4 is 66.1 Å². The molecule has 0 aliphatic heterocycles. The average molecular weight is 535 g/mol. The van der Waals surface area contributed by atoms with Gasteiger partial charge in [0, 0.05) is 0 Å². The molecule has 2 aromatic heterocycles. The fourth-order valence-corrected chi connectivity index (χ4v) is 8.37. The number of hydrogen-bond acceptors (Lipinski definition) is 1. The van der Waals surface area contributed by atoms with Gasteiger partial charge in [0.15, 0.2) is 0 Å². The molecule has 0 spiro atoms. The maximum absolute atomic E-state index is 4.98. The molecular weight excluding hydrogens is 513 g/mol. The molecular formula is C35H21NSe. The van der Waals surface area contributed by atoms with Gasteiger partial charge < -0.3 is 0 Å². The summed E-state index contributed by atoms with van der Waals surface area (Å²) in [6, 6.07) is 44.2. The average Bonchev–Trinajstić information content (AvgIpc) is 3.36. The number of aromatic nitrogens is 1. The van der Waals surface area contributed by atoms with Gasteiger partial charge in [-0.2, -0.15) is 0 Å². The second-order valence-corrected chi connectivity index (χ2v) is 11.8. The van der Waals surface area contributed by atoms with E-state index in [1.807, 2.05) is 0 Å². The van der Waals surface area contributed by atoms with E-state index in [4.69, 9.17) is 4.98 Å². The zero-order chi connectivity index (χ0) is 24.3. The van der Waals surface area contributed by atoms with Crippen LogP contribution in [0.3, 0.4) is 0 Å². The quantitative estimate of drug-likeness (QED) is 0.159. The Labute approximate surface area is 220 Å². The monoisotopic (exact) mass is 535 g/mol. The standard InChI is InChI=1S/C35H21NSe/c1-3-13-27-25(11-1)26-12-2-4-14-28(26)32-21-36-33(20-31(27)32)23-10-7-9-22(19-23)24-16-8-17-30-29-15-5-6-18-34(29)37-35(24)30/h1-21H. The van der Waals surface area contributed by atoms with Crippen LogP contribution in [-0.4, -0.2) is 19.5 Å². The summed E-state index contributed by atoms with van der Waals surface area (Å²) in [4.78, 5) is 4.98. The van der Waals surface area contributed by atoms with Gasteiger partial charge in [-0.05, 0) is 0 Å². The third-order valence-corrected chi connectivity index (χ3v) is 10.1. The first-order chi connectivity index (χ1) is 18.3. The van der Waals surface area contributed by atoms with E-state index in [9.17, 15) is 0 Å². The van der Waals surface area contributed by atoms with Gasteiger partial charge in [0.1, 0.15) is 0 Å². The zero-order valence-corrected chi connectivity index (χ0v) is 21.7. The van der Waals surface area contributed by atoms with Crippen LogP contribution in [0.25, 0.3) is 74.0 Å². The van der Waals surface area contributed by atoms with Crippen LogP contribution >= 0.6 is 0 Å². The van der Waals surface area contributed by atoms with E-state index in [0.29, 0.717) is 14.5 Å². The van der Waals surface area contributed by atoms with E-state index in [0.717, 1.165) is 11.3 Å². The van der Waals surface area contributed by atoms with Crippen LogP contribution in [0.4, 0.5) is 0 Å². The molecule has 0 saturated heterocycles. The predicted molar refractivity (Wildman–Crippen MR) is 160 cm³/mol. The Kier molecular flexibility index (Phi) is 4.60. The van der Waals surface area contributed by atoms with Crippen molar-refractivity contribution in [1.82, 2.24) is 4.98 Å². The maximum atomic E-state index is 4.98. The van der Waals surface area contributed by atoms with E-state index in [2.05, 4.69) is 128 Å². The molecule has 1 nitrogen and oxygen atoms in total. The summed E-state index contributed by atoms with van der Waals surface area (Å²) in [5.41, 5.74) is 4.76. The molecule has 0 unspecified atom stereocenters. The number of rotatable bonds is 2. The Morgan fingerprint density at radius 1 is 0.432 bits per heavy atom. The van der Waals surface area contributed by atoms with E-state index in [-0.39, 0.29) is 0 Å². The number of hydrogen-bond donors (Lipinski definition) is 0. The second-order valence-electron chi connectivity index (χ2n) is 9.57. The molecule has 172 valence electrons. The predicted octanol–water partition coefficient (Wildman–Crippen LogP) is 9.24. The number of nitrogens with zero attached hydrogens (tertiary/aromatic N) is 1. The molecule has 0 atom stereocenters. The second kappa shape index (κ2) is 8.14. The Balaban J connectivity index is 1.34. The zero-order valence-electron chi connectivity index (χ0n) is 20.0. The first-order valence-corrected chi connectivity index (χ1v) is 14.3. The fourth-order valence-electron chi connectivity index (χ4n) is 5.78. The molecule has 0 radical (unpaired) electrons. The molecule has 0 fully saturated rings. The Bertz CT molecular complexity index is 2120. The normalized spacial score (nSPS) is 11.8. The molecule has 6 aromatic carbocycles. The molecule has 8 aromatic rings. The van der Waals surface area contributed by atoms with Crippen LogP contribution in [0.5, 0.6) is 0 Å². The van der Waals surface area contributed by atoms with Gasteiger partial charge >= 0.3 is 215 Å². The SMILES string of the molecule is c1cc(-c2cc3c4ccccc4c4ccccc4c3cn2)cc(-c2cccc3c2[se]c2ccccc23)c1. The van der Waals surface area contributed by atoms with Gasteiger partial charge in [-0.1, -0.05) is 6.07 Å². The minimum absolute atomic E-state index is 0.319. The Morgan fingerprint density at radius 3 is 1.81 bits per heavy atom. The molecule has 0 aliphatic rings. The molecule has 0 N–H and O–H groups in total. The van der Waals surface area contributed by atoms with Crippen LogP contribution in [0, 0.1) is 0 Å². The Morgan fingerprint density at radius 2 is 1.03 bits per heavy atom. The van der Waals surface area contributed by atoms with E-state index < -0.39 is 0 Å². The van der Waals surface area contributed by atoms with Crippen LogP contribution in [0.2, 0.25) is 0 Å². The van der Waals surface area contributed by atoms with E-state index >= 15 is 0 Å². The first-order valence-electron chi connectivity index (χ1n) is 12.6. The fraction of sp³-hybridized carbons (Fsp3) is 0. The van der Waals surface area contributed by atoms with Gasteiger partial charge in [-0.25, -0.2) is 0 Å². The van der Waals surface area contributed by atoms with Gasteiger partial charge in [0.25, 0.3) is 0 Å². The topological polar surface area (TPSA) is 12.9 Å². The number of benzene rings is 6. The summed E-state index contributed by atoms with van der Waals surface area (Å²) in [5, 5.41) is 10.3. The number of pyridine rings is 1. The van der Waals surface area contributed by atoms with Crippen molar-refractivity contribution in [2.24, 2.45) is 0 Å². The van der Waals surface area contributed by atoms with Crippen molar-refractivity contribution in [3.05, 3.63) is 128 Å². The Hall–Kier alpha value is -4.23. The summed E-state index contributed by atoms with van der Waals surface area (Å²) in [5.74, 6) is 0. The number of fused-ring (bicyclic) bond motifs is 9. The van der Waals surface area contributed by atoms with Crippen molar-refractivity contribution in [3.63, 3.8) is 0 Å². The van der Waals surface area contributed by atoms with Crippen molar-refractivity contribution in [3.8, 4) is 22.4 Å². The first kappa shape index (κ1) is 20.9. The van der Waals surface area contributed by atoms with Crippen LogP contribution in [-0.2, 0) is 0 Å². The van der Waals surface area contributed by atoms with Gasteiger partial charge in [-0.15, -0.1) is 0 Å². The van der Waals surface area contributed by atoms with Gasteiger partial charge in [-0.3, -0.25) is 0 Å². The molecule has 0 amide bonds. The van der Waals surface area contributed by atoms with Crippen molar-refractivity contribution in [1.29, 1.82) is 0 Å². The summed E-state index contributed by atoms with van der Waals surface area (Å²) in [7, 11) is 0. The van der Waals surface area contributed by atoms with E-state index in [1.54, 1.807) is 0 Å². The summed E-state index contributed by atoms with van der Waals surface area (Å²) < 4.78 is 2.96. The van der Waals surface area contributed by atoms with Crippen molar-refractivity contribution in [2.45, 2.75) is 0 Å². The van der Waals surface area contributed by atoms with Crippen molar-refractivity contribution in [2.75, 3.05) is 0 Å². The van der Waals surface area contributed by atoms with Crippen LogP contribution < -0.4 is 0 Å². The minimum atomic E-state index is 0.319. The third-order valence-electron chi connectivity index (χ3n) is 7.50. The van der Waals surface area contributed by atoms with Gasteiger partial charge in [0.05, 0.1) is 0 Å². The molecule has 8 rings (SSSR count). The molecule has 2 heteroatoms. The van der Waals surface area contributed by atoms with Crippen LogP contribution in [0.15, 0.2) is 128 Å². The molecule has 37 heavy (non-hydrogen) atoms. The third kappa shape index (κ3) is 3.20. The van der Waals surface area contributed by atoms with Crippen LogP contribution in [0.1, 0.15) is 0 Å². The molecule has 0 aliphatic carbocycles. The van der Waals surface area contributed by atoms with E-state index in [1.165, 1.54) is 62.7 Å². The summed E-state index contributed by atoms with van der Waals surface area (Å²) >= 11 is 0.319. The summed E-state index contributed by atoms with van der Waals surface area (Å²) in [6.07, 6.45) is 2.06. The van der Waals surface area contributed by atoms with Gasteiger partial charge in [0.2, 0.25) is 0 Å². The summed E-state index contributed by atoms with van der Waals surface area (Å²) in [6.45, 7) is 0. The van der Waals surface area contributed by atoms with Crippen molar-refractivity contribution < 1.29 is 0 Å². The molecule has 0 saturated carbocycles.